The standard InChI is InChI=1S/C13H14N4S/c1-9-8-18-12(15-9)6-7-17-11-5-3-2-4-10(11)16-13(17)14/h2-5,8H,6-7H2,1H3,(H2,14,16). The van der Waals surface area contributed by atoms with Crippen LogP contribution in [0.1, 0.15) is 10.7 Å². The van der Waals surface area contributed by atoms with Crippen LogP contribution in [-0.4, -0.2) is 14.5 Å². The van der Waals surface area contributed by atoms with Crippen molar-refractivity contribution < 1.29 is 0 Å². The van der Waals surface area contributed by atoms with Crippen LogP contribution >= 0.6 is 11.3 Å². The first-order chi connectivity index (χ1) is 8.74. The molecular weight excluding hydrogens is 244 g/mol. The van der Waals surface area contributed by atoms with Gasteiger partial charge in [0.25, 0.3) is 0 Å². The Morgan fingerprint density at radius 1 is 1.28 bits per heavy atom. The minimum atomic E-state index is 0.574. The molecule has 0 bridgehead atoms. The van der Waals surface area contributed by atoms with Gasteiger partial charge in [0.1, 0.15) is 0 Å². The van der Waals surface area contributed by atoms with Crippen molar-refractivity contribution in [2.45, 2.75) is 19.9 Å². The fourth-order valence-electron chi connectivity index (χ4n) is 2.05. The zero-order valence-corrected chi connectivity index (χ0v) is 10.9. The van der Waals surface area contributed by atoms with Crippen LogP contribution in [0.5, 0.6) is 0 Å². The van der Waals surface area contributed by atoms with E-state index in [1.165, 1.54) is 0 Å². The van der Waals surface area contributed by atoms with Gasteiger partial charge in [-0.1, -0.05) is 12.1 Å². The number of thiazole rings is 1. The van der Waals surface area contributed by atoms with Gasteiger partial charge in [-0.2, -0.15) is 0 Å². The van der Waals surface area contributed by atoms with E-state index in [1.807, 2.05) is 35.8 Å². The van der Waals surface area contributed by atoms with Gasteiger partial charge < -0.3 is 10.3 Å². The molecule has 0 unspecified atom stereocenters. The molecule has 0 amide bonds. The summed E-state index contributed by atoms with van der Waals surface area (Å²) < 4.78 is 2.05. The molecule has 0 atom stereocenters. The van der Waals surface area contributed by atoms with Gasteiger partial charge in [0, 0.05) is 24.0 Å². The molecule has 2 N–H and O–H groups in total. The normalized spacial score (nSPS) is 11.2. The molecule has 5 heteroatoms. The van der Waals surface area contributed by atoms with Crippen LogP contribution in [0.2, 0.25) is 0 Å². The van der Waals surface area contributed by atoms with Crippen molar-refractivity contribution in [3.05, 3.63) is 40.3 Å². The molecule has 0 saturated heterocycles. The third kappa shape index (κ3) is 1.97. The molecule has 3 rings (SSSR count). The van der Waals surface area contributed by atoms with E-state index >= 15 is 0 Å². The quantitative estimate of drug-likeness (QED) is 0.785. The van der Waals surface area contributed by atoms with Crippen LogP contribution in [0.3, 0.4) is 0 Å². The van der Waals surface area contributed by atoms with Gasteiger partial charge in [-0.05, 0) is 19.1 Å². The van der Waals surface area contributed by atoms with E-state index in [0.717, 1.165) is 34.7 Å². The summed E-state index contributed by atoms with van der Waals surface area (Å²) in [5, 5.41) is 3.22. The molecule has 2 aromatic heterocycles. The smallest absolute Gasteiger partial charge is 0.201 e. The largest absolute Gasteiger partial charge is 0.369 e. The number of nitrogens with zero attached hydrogens (tertiary/aromatic N) is 3. The Balaban J connectivity index is 1.88. The minimum absolute atomic E-state index is 0.574. The van der Waals surface area contributed by atoms with Crippen LogP contribution in [0.4, 0.5) is 5.95 Å². The molecule has 0 fully saturated rings. The number of nitrogens with two attached hydrogens (primary N) is 1. The number of anilines is 1. The lowest BCUT2D eigenvalue weighted by molar-refractivity contribution is 0.721. The van der Waals surface area contributed by atoms with Gasteiger partial charge in [-0.15, -0.1) is 11.3 Å². The van der Waals surface area contributed by atoms with Crippen molar-refractivity contribution in [1.29, 1.82) is 0 Å². The van der Waals surface area contributed by atoms with E-state index in [1.54, 1.807) is 11.3 Å². The monoisotopic (exact) mass is 258 g/mol. The van der Waals surface area contributed by atoms with Gasteiger partial charge in [0.05, 0.1) is 16.0 Å². The topological polar surface area (TPSA) is 56.7 Å². The Morgan fingerprint density at radius 3 is 2.89 bits per heavy atom. The average molecular weight is 258 g/mol. The van der Waals surface area contributed by atoms with Crippen LogP contribution in [0.15, 0.2) is 29.6 Å². The predicted octanol–water partition coefficient (Wildman–Crippen LogP) is 2.63. The second-order valence-electron chi connectivity index (χ2n) is 4.24. The van der Waals surface area contributed by atoms with Crippen molar-refractivity contribution in [2.75, 3.05) is 5.73 Å². The first-order valence-electron chi connectivity index (χ1n) is 5.86. The van der Waals surface area contributed by atoms with E-state index in [0.29, 0.717) is 5.95 Å². The molecule has 0 radical (unpaired) electrons. The average Bonchev–Trinajstić information content (AvgIpc) is 2.90. The zero-order chi connectivity index (χ0) is 12.5. The van der Waals surface area contributed by atoms with E-state index in [2.05, 4.69) is 15.3 Å². The molecule has 0 aliphatic rings. The summed E-state index contributed by atoms with van der Waals surface area (Å²) in [6.45, 7) is 2.83. The fourth-order valence-corrected chi connectivity index (χ4v) is 2.82. The van der Waals surface area contributed by atoms with Crippen molar-refractivity contribution in [3.63, 3.8) is 0 Å². The third-order valence-electron chi connectivity index (χ3n) is 2.90. The number of imidazole rings is 1. The highest BCUT2D eigenvalue weighted by atomic mass is 32.1. The lowest BCUT2D eigenvalue weighted by Crippen LogP contribution is -2.05. The lowest BCUT2D eigenvalue weighted by atomic mass is 10.3. The van der Waals surface area contributed by atoms with Crippen molar-refractivity contribution in [2.24, 2.45) is 0 Å². The number of hydrogen-bond acceptors (Lipinski definition) is 4. The van der Waals surface area contributed by atoms with Crippen LogP contribution in [0.25, 0.3) is 11.0 Å². The van der Waals surface area contributed by atoms with Gasteiger partial charge in [0.15, 0.2) is 0 Å². The zero-order valence-electron chi connectivity index (χ0n) is 10.1. The Morgan fingerprint density at radius 2 is 2.11 bits per heavy atom. The molecule has 2 heterocycles. The highest BCUT2D eigenvalue weighted by Crippen LogP contribution is 2.18. The number of aryl methyl sites for hydroxylation is 3. The summed E-state index contributed by atoms with van der Waals surface area (Å²) in [5.41, 5.74) is 9.08. The maximum absolute atomic E-state index is 5.96. The Kier molecular flexibility index (Phi) is 2.76. The van der Waals surface area contributed by atoms with E-state index < -0.39 is 0 Å². The maximum Gasteiger partial charge on any atom is 0.201 e. The van der Waals surface area contributed by atoms with Gasteiger partial charge in [-0.25, -0.2) is 9.97 Å². The molecule has 0 aliphatic carbocycles. The van der Waals surface area contributed by atoms with Crippen LogP contribution in [0, 0.1) is 6.92 Å². The van der Waals surface area contributed by atoms with Gasteiger partial charge in [-0.3, -0.25) is 0 Å². The number of nitrogen functional groups attached to an aromatic ring is 1. The number of para-hydroxylation sites is 2. The second-order valence-corrected chi connectivity index (χ2v) is 5.19. The van der Waals surface area contributed by atoms with Gasteiger partial charge >= 0.3 is 0 Å². The summed E-state index contributed by atoms with van der Waals surface area (Å²) in [4.78, 5) is 8.82. The van der Waals surface area contributed by atoms with Gasteiger partial charge in [0.2, 0.25) is 5.95 Å². The number of aromatic nitrogens is 3. The predicted molar refractivity (Wildman–Crippen MR) is 74.7 cm³/mol. The summed E-state index contributed by atoms with van der Waals surface area (Å²) in [5.74, 6) is 0.574. The van der Waals surface area contributed by atoms with Crippen molar-refractivity contribution >= 4 is 28.3 Å². The van der Waals surface area contributed by atoms with Crippen molar-refractivity contribution in [3.8, 4) is 0 Å². The second kappa shape index (κ2) is 4.42. The Bertz CT molecular complexity index is 683. The van der Waals surface area contributed by atoms with E-state index in [-0.39, 0.29) is 0 Å². The lowest BCUT2D eigenvalue weighted by Gasteiger charge is -2.04. The van der Waals surface area contributed by atoms with Crippen LogP contribution < -0.4 is 5.73 Å². The van der Waals surface area contributed by atoms with Crippen LogP contribution in [-0.2, 0) is 13.0 Å². The number of rotatable bonds is 3. The highest BCUT2D eigenvalue weighted by Gasteiger charge is 2.08. The summed E-state index contributed by atoms with van der Waals surface area (Å²) in [7, 11) is 0. The highest BCUT2D eigenvalue weighted by molar-refractivity contribution is 7.09. The van der Waals surface area contributed by atoms with E-state index in [9.17, 15) is 0 Å². The maximum atomic E-state index is 5.96. The first kappa shape index (κ1) is 11.2. The SMILES string of the molecule is Cc1csc(CCn2c(N)nc3ccccc32)n1. The Hall–Kier alpha value is -1.88. The molecule has 0 spiro atoms. The molecule has 0 saturated carbocycles. The summed E-state index contributed by atoms with van der Waals surface area (Å²) >= 11 is 1.70. The summed E-state index contributed by atoms with van der Waals surface area (Å²) in [6.07, 6.45) is 0.892. The Labute approximate surface area is 109 Å². The number of benzene rings is 1. The molecule has 4 nitrogen and oxygen atoms in total. The minimum Gasteiger partial charge on any atom is -0.369 e. The van der Waals surface area contributed by atoms with Crippen molar-refractivity contribution in [1.82, 2.24) is 14.5 Å². The third-order valence-corrected chi connectivity index (χ3v) is 3.93. The molecule has 1 aromatic carbocycles. The first-order valence-corrected chi connectivity index (χ1v) is 6.74. The molecule has 18 heavy (non-hydrogen) atoms. The molecular formula is C13H14N4S. The molecule has 0 aliphatic heterocycles. The summed E-state index contributed by atoms with van der Waals surface area (Å²) in [6, 6.07) is 8.01. The molecule has 3 aromatic rings. The molecule has 92 valence electrons. The fraction of sp³-hybridized carbons (Fsp3) is 0.231. The number of hydrogen-bond donors (Lipinski definition) is 1. The number of fused-ring (bicyclic) bond motifs is 1. The van der Waals surface area contributed by atoms with E-state index in [4.69, 9.17) is 5.73 Å².